The fourth-order valence-electron chi connectivity index (χ4n) is 2.22. The molecule has 0 spiro atoms. The van der Waals surface area contributed by atoms with Crippen molar-refractivity contribution in [1.29, 1.82) is 0 Å². The number of ether oxygens (including phenoxy) is 1. The third-order valence-corrected chi connectivity index (χ3v) is 4.95. The van der Waals surface area contributed by atoms with Gasteiger partial charge < -0.3 is 4.74 Å². The molecule has 0 bridgehead atoms. The summed E-state index contributed by atoms with van der Waals surface area (Å²) in [6.07, 6.45) is -3.69. The van der Waals surface area contributed by atoms with E-state index in [-0.39, 0.29) is 21.8 Å². The highest BCUT2D eigenvalue weighted by Gasteiger charge is 2.38. The van der Waals surface area contributed by atoms with E-state index >= 15 is 0 Å². The van der Waals surface area contributed by atoms with Crippen molar-refractivity contribution in [3.8, 4) is 11.6 Å². The van der Waals surface area contributed by atoms with Crippen molar-refractivity contribution in [3.63, 3.8) is 0 Å². The Bertz CT molecular complexity index is 876. The van der Waals surface area contributed by atoms with Crippen LogP contribution in [0.25, 0.3) is 0 Å². The molecule has 0 aliphatic heterocycles. The molecule has 0 aliphatic carbocycles. The summed E-state index contributed by atoms with van der Waals surface area (Å²) in [5.74, 6) is -0.746. The highest BCUT2D eigenvalue weighted by Crippen LogP contribution is 2.41. The van der Waals surface area contributed by atoms with E-state index in [1.165, 1.54) is 26.0 Å². The molecule has 130 valence electrons. The van der Waals surface area contributed by atoms with Gasteiger partial charge in [-0.25, -0.2) is 13.4 Å². The van der Waals surface area contributed by atoms with Gasteiger partial charge in [0, 0.05) is 16.9 Å². The Hall–Kier alpha value is -1.51. The Morgan fingerprint density at radius 3 is 2.17 bits per heavy atom. The molecule has 0 unspecified atom stereocenters. The monoisotopic (exact) mass is 399 g/mol. The maximum absolute atomic E-state index is 13.1. The molecule has 0 saturated carbocycles. The number of aromatic nitrogens is 1. The number of pyridine rings is 1. The average Bonchev–Trinajstić information content (AvgIpc) is 2.33. The summed E-state index contributed by atoms with van der Waals surface area (Å²) >= 11 is 5.59. The minimum atomic E-state index is -4.76. The molecule has 1 aromatic carbocycles. The second-order valence-corrected chi connectivity index (χ2v) is 7.81. The zero-order valence-electron chi connectivity index (χ0n) is 12.3. The number of aryl methyl sites for hydroxylation is 2. The first kappa shape index (κ1) is 18.8. The summed E-state index contributed by atoms with van der Waals surface area (Å²) in [4.78, 5) is 3.44. The van der Waals surface area contributed by atoms with Crippen molar-refractivity contribution in [3.05, 3.63) is 46.1 Å². The Morgan fingerprint density at radius 1 is 1.17 bits per heavy atom. The van der Waals surface area contributed by atoms with Gasteiger partial charge in [-0.2, -0.15) is 13.2 Å². The highest BCUT2D eigenvalue weighted by molar-refractivity contribution is 8.13. The van der Waals surface area contributed by atoms with E-state index in [1.807, 2.05) is 0 Å². The van der Waals surface area contributed by atoms with Crippen LogP contribution in [0.2, 0.25) is 5.02 Å². The zero-order chi connectivity index (χ0) is 18.3. The molecule has 0 saturated heterocycles. The third kappa shape index (κ3) is 3.93. The van der Waals surface area contributed by atoms with Crippen LogP contribution in [0.3, 0.4) is 0 Å². The number of hydrogen-bond donors (Lipinski definition) is 0. The largest absolute Gasteiger partial charge is 0.438 e. The molecule has 0 aliphatic rings. The van der Waals surface area contributed by atoms with E-state index in [9.17, 15) is 21.6 Å². The number of alkyl halides is 3. The molecule has 0 N–H and O–H groups in total. The molecule has 4 nitrogen and oxygen atoms in total. The van der Waals surface area contributed by atoms with Gasteiger partial charge in [0.25, 0.3) is 9.05 Å². The quantitative estimate of drug-likeness (QED) is 0.674. The first-order valence-electron chi connectivity index (χ1n) is 6.36. The van der Waals surface area contributed by atoms with Crippen LogP contribution in [0.4, 0.5) is 13.2 Å². The second kappa shape index (κ2) is 6.42. The van der Waals surface area contributed by atoms with Gasteiger partial charge in [0.05, 0.1) is 9.92 Å². The first-order valence-corrected chi connectivity index (χ1v) is 9.05. The van der Waals surface area contributed by atoms with Crippen LogP contribution in [0.1, 0.15) is 16.7 Å². The standard InChI is InChI=1S/C14H10Cl2F3NO3S/c1-7-5-9(6-8(2)12(7)24(16,21)22)23-13-11(14(17,18)19)10(15)3-4-20-13/h3-6H,1-2H3. The summed E-state index contributed by atoms with van der Waals surface area (Å²) in [5.41, 5.74) is -0.748. The van der Waals surface area contributed by atoms with Crippen molar-refractivity contribution in [1.82, 2.24) is 4.98 Å². The van der Waals surface area contributed by atoms with Crippen LogP contribution in [-0.2, 0) is 15.2 Å². The van der Waals surface area contributed by atoms with E-state index < -0.39 is 31.7 Å². The summed E-state index contributed by atoms with van der Waals surface area (Å²) in [6.45, 7) is 2.90. The lowest BCUT2D eigenvalue weighted by molar-refractivity contribution is -0.138. The van der Waals surface area contributed by atoms with Gasteiger partial charge >= 0.3 is 6.18 Å². The summed E-state index contributed by atoms with van der Waals surface area (Å²) in [5, 5.41) is -0.555. The van der Waals surface area contributed by atoms with E-state index in [4.69, 9.17) is 27.0 Å². The smallest absolute Gasteiger partial charge is 0.423 e. The summed E-state index contributed by atoms with van der Waals surface area (Å²) in [6, 6.07) is 3.51. The molecule has 2 rings (SSSR count). The van der Waals surface area contributed by atoms with Gasteiger partial charge in [-0.1, -0.05) is 11.6 Å². The van der Waals surface area contributed by atoms with Crippen molar-refractivity contribution in [2.75, 3.05) is 0 Å². The zero-order valence-corrected chi connectivity index (χ0v) is 14.6. The fourth-order valence-corrected chi connectivity index (χ4v) is 4.08. The molecule has 0 atom stereocenters. The minimum Gasteiger partial charge on any atom is -0.438 e. The topological polar surface area (TPSA) is 56.3 Å². The van der Waals surface area contributed by atoms with Gasteiger partial charge in [0.1, 0.15) is 11.3 Å². The molecule has 0 radical (unpaired) electrons. The predicted molar refractivity (Wildman–Crippen MR) is 83.3 cm³/mol. The van der Waals surface area contributed by atoms with Crippen molar-refractivity contribution in [2.45, 2.75) is 24.9 Å². The Morgan fingerprint density at radius 2 is 1.71 bits per heavy atom. The molecule has 1 heterocycles. The highest BCUT2D eigenvalue weighted by atomic mass is 35.7. The average molecular weight is 400 g/mol. The Balaban J connectivity index is 2.53. The van der Waals surface area contributed by atoms with Crippen LogP contribution < -0.4 is 4.74 Å². The SMILES string of the molecule is Cc1cc(Oc2nccc(Cl)c2C(F)(F)F)cc(C)c1S(=O)(=O)Cl. The van der Waals surface area contributed by atoms with Gasteiger partial charge in [-0.3, -0.25) is 0 Å². The molecule has 0 fully saturated rings. The number of nitrogens with zero attached hydrogens (tertiary/aromatic N) is 1. The maximum Gasteiger partial charge on any atom is 0.423 e. The van der Waals surface area contributed by atoms with Gasteiger partial charge in [0.2, 0.25) is 5.88 Å². The molecule has 24 heavy (non-hydrogen) atoms. The predicted octanol–water partition coefficient (Wildman–Crippen LogP) is 5.09. The van der Waals surface area contributed by atoms with Gasteiger partial charge in [0.15, 0.2) is 0 Å². The lowest BCUT2D eigenvalue weighted by Gasteiger charge is -2.15. The van der Waals surface area contributed by atoms with Gasteiger partial charge in [-0.05, 0) is 43.2 Å². The Labute approximate surface area is 145 Å². The van der Waals surface area contributed by atoms with Crippen LogP contribution in [-0.4, -0.2) is 13.4 Å². The van der Waals surface area contributed by atoms with E-state index in [0.29, 0.717) is 0 Å². The number of hydrogen-bond acceptors (Lipinski definition) is 4. The van der Waals surface area contributed by atoms with Crippen molar-refractivity contribution in [2.24, 2.45) is 0 Å². The lowest BCUT2D eigenvalue weighted by Crippen LogP contribution is -2.09. The first-order chi connectivity index (χ1) is 10.9. The minimum absolute atomic E-state index is 0.0191. The summed E-state index contributed by atoms with van der Waals surface area (Å²) < 4.78 is 67.5. The summed E-state index contributed by atoms with van der Waals surface area (Å²) in [7, 11) is 1.35. The fraction of sp³-hybridized carbons (Fsp3) is 0.214. The number of benzene rings is 1. The van der Waals surface area contributed by atoms with E-state index in [2.05, 4.69) is 4.98 Å². The van der Waals surface area contributed by atoms with Crippen LogP contribution >= 0.6 is 22.3 Å². The molecular formula is C14H10Cl2F3NO3S. The number of halogens is 5. The van der Waals surface area contributed by atoms with Crippen LogP contribution in [0, 0.1) is 13.8 Å². The lowest BCUT2D eigenvalue weighted by atomic mass is 10.1. The molecular weight excluding hydrogens is 390 g/mol. The van der Waals surface area contributed by atoms with Crippen LogP contribution in [0.15, 0.2) is 29.3 Å². The molecule has 0 amide bonds. The molecule has 10 heteroatoms. The maximum atomic E-state index is 13.1. The van der Waals surface area contributed by atoms with Crippen molar-refractivity contribution < 1.29 is 26.3 Å². The van der Waals surface area contributed by atoms with E-state index in [0.717, 1.165) is 12.3 Å². The third-order valence-electron chi connectivity index (χ3n) is 3.04. The second-order valence-electron chi connectivity index (χ2n) is 4.90. The number of rotatable bonds is 3. The van der Waals surface area contributed by atoms with Crippen LogP contribution in [0.5, 0.6) is 11.6 Å². The van der Waals surface area contributed by atoms with E-state index in [1.54, 1.807) is 0 Å². The molecule has 1 aromatic heterocycles. The van der Waals surface area contributed by atoms with Gasteiger partial charge in [-0.15, -0.1) is 0 Å². The normalized spacial score (nSPS) is 12.3. The van der Waals surface area contributed by atoms with Crippen molar-refractivity contribution >= 4 is 31.3 Å². The molecule has 2 aromatic rings. The Kier molecular flexibility index (Phi) is 5.03.